The molecule has 0 amide bonds. The largest absolute Gasteiger partial charge is 0.481 e. The highest BCUT2D eigenvalue weighted by atomic mass is 16.5. The molecule has 1 unspecified atom stereocenters. The second-order valence-electron chi connectivity index (χ2n) is 3.57. The van der Waals surface area contributed by atoms with Crippen molar-refractivity contribution in [3.05, 3.63) is 12.2 Å². The Hall–Kier alpha value is -0.830. The third kappa shape index (κ3) is 1.05. The fraction of sp³-hybridized carbons (Fsp3) is 0.667. The van der Waals surface area contributed by atoms with Gasteiger partial charge in [0, 0.05) is 5.92 Å². The highest BCUT2D eigenvalue weighted by molar-refractivity contribution is 5.67. The Bertz CT molecular complexity index is 234. The molecule has 2 heterocycles. The highest BCUT2D eigenvalue weighted by Gasteiger charge is 2.43. The quantitative estimate of drug-likeness (QED) is 0.627. The van der Waals surface area contributed by atoms with Gasteiger partial charge in [-0.05, 0) is 5.92 Å². The van der Waals surface area contributed by atoms with E-state index < -0.39 is 5.97 Å². The molecule has 0 aliphatic carbocycles. The summed E-state index contributed by atoms with van der Waals surface area (Å²) in [5.41, 5.74) is 0. The summed E-state index contributed by atoms with van der Waals surface area (Å²) in [5.74, 6) is -0.190. The second kappa shape index (κ2) is 2.59. The van der Waals surface area contributed by atoms with Crippen LogP contribution in [0.4, 0.5) is 0 Å². The summed E-state index contributed by atoms with van der Waals surface area (Å²) in [6, 6.07) is 0. The number of carboxylic acid groups (broad SMARTS) is 1. The summed E-state index contributed by atoms with van der Waals surface area (Å²) in [4.78, 5) is 10.5. The first kappa shape index (κ1) is 7.80. The van der Waals surface area contributed by atoms with Crippen LogP contribution in [0.1, 0.15) is 13.3 Å². The van der Waals surface area contributed by atoms with E-state index in [9.17, 15) is 4.79 Å². The number of ether oxygens (including phenoxy) is 1. The second-order valence-corrected chi connectivity index (χ2v) is 3.57. The number of carbonyl (C=O) groups is 1. The molecule has 0 aromatic carbocycles. The molecule has 0 radical (unpaired) electrons. The molecule has 0 aromatic rings. The maximum absolute atomic E-state index is 10.5. The molecule has 0 spiro atoms. The SMILES string of the molecule is C[C@H]1C2C=C[C@@H](O2)[C@H]1CC(=O)O. The van der Waals surface area contributed by atoms with Gasteiger partial charge in [-0.3, -0.25) is 4.79 Å². The van der Waals surface area contributed by atoms with E-state index in [-0.39, 0.29) is 24.5 Å². The summed E-state index contributed by atoms with van der Waals surface area (Å²) in [6.45, 7) is 2.06. The maximum Gasteiger partial charge on any atom is 0.303 e. The number of hydrogen-bond donors (Lipinski definition) is 1. The molecule has 1 fully saturated rings. The van der Waals surface area contributed by atoms with Crippen LogP contribution >= 0.6 is 0 Å². The molecule has 2 bridgehead atoms. The molecule has 2 aliphatic heterocycles. The van der Waals surface area contributed by atoms with Gasteiger partial charge in [0.15, 0.2) is 0 Å². The zero-order valence-electron chi connectivity index (χ0n) is 6.93. The van der Waals surface area contributed by atoms with Crippen LogP contribution in [0.25, 0.3) is 0 Å². The monoisotopic (exact) mass is 168 g/mol. The first-order chi connectivity index (χ1) is 5.68. The average molecular weight is 168 g/mol. The maximum atomic E-state index is 10.5. The third-order valence-electron chi connectivity index (χ3n) is 2.83. The van der Waals surface area contributed by atoms with E-state index in [4.69, 9.17) is 9.84 Å². The van der Waals surface area contributed by atoms with Crippen LogP contribution in [-0.4, -0.2) is 23.3 Å². The molecular weight excluding hydrogens is 156 g/mol. The number of hydrogen-bond acceptors (Lipinski definition) is 2. The fourth-order valence-electron chi connectivity index (χ4n) is 2.08. The lowest BCUT2D eigenvalue weighted by molar-refractivity contribution is -0.138. The fourth-order valence-corrected chi connectivity index (χ4v) is 2.08. The molecule has 4 atom stereocenters. The predicted molar refractivity (Wildman–Crippen MR) is 42.7 cm³/mol. The minimum atomic E-state index is -0.726. The summed E-state index contributed by atoms with van der Waals surface area (Å²) in [7, 11) is 0. The molecule has 1 N–H and O–H groups in total. The lowest BCUT2D eigenvalue weighted by Gasteiger charge is -2.19. The van der Waals surface area contributed by atoms with Gasteiger partial charge in [-0.2, -0.15) is 0 Å². The van der Waals surface area contributed by atoms with Crippen LogP contribution in [0.3, 0.4) is 0 Å². The number of rotatable bonds is 2. The van der Waals surface area contributed by atoms with Crippen LogP contribution in [-0.2, 0) is 9.53 Å². The standard InChI is InChI=1S/C9H12O3/c1-5-6(4-9(10)11)8-3-2-7(5)12-8/h2-3,5-8H,4H2,1H3,(H,10,11)/t5-,6+,7?,8-/m1/s1. The van der Waals surface area contributed by atoms with Gasteiger partial charge in [-0.15, -0.1) is 0 Å². The molecular formula is C9H12O3. The van der Waals surface area contributed by atoms with Gasteiger partial charge in [-0.1, -0.05) is 19.1 Å². The van der Waals surface area contributed by atoms with Gasteiger partial charge >= 0.3 is 5.97 Å². The van der Waals surface area contributed by atoms with E-state index in [0.717, 1.165) is 0 Å². The predicted octanol–water partition coefficient (Wildman–Crippen LogP) is 1.05. The topological polar surface area (TPSA) is 46.5 Å². The zero-order valence-corrected chi connectivity index (χ0v) is 6.93. The Kier molecular flexibility index (Phi) is 1.68. The Morgan fingerprint density at radius 2 is 2.17 bits per heavy atom. The van der Waals surface area contributed by atoms with Gasteiger partial charge in [0.2, 0.25) is 0 Å². The summed E-state index contributed by atoms with van der Waals surface area (Å²) < 4.78 is 5.52. The third-order valence-corrected chi connectivity index (χ3v) is 2.83. The molecule has 12 heavy (non-hydrogen) atoms. The zero-order chi connectivity index (χ0) is 8.72. The molecule has 0 saturated carbocycles. The number of fused-ring (bicyclic) bond motifs is 2. The Morgan fingerprint density at radius 3 is 2.67 bits per heavy atom. The Morgan fingerprint density at radius 1 is 1.50 bits per heavy atom. The van der Waals surface area contributed by atoms with E-state index in [2.05, 4.69) is 6.92 Å². The molecule has 2 rings (SSSR count). The molecule has 2 aliphatic rings. The summed E-state index contributed by atoms with van der Waals surface area (Å²) in [5, 5.41) is 8.64. The van der Waals surface area contributed by atoms with Gasteiger partial charge in [0.05, 0.1) is 18.6 Å². The number of carboxylic acids is 1. The van der Waals surface area contributed by atoms with Crippen molar-refractivity contribution in [2.75, 3.05) is 0 Å². The van der Waals surface area contributed by atoms with Crippen molar-refractivity contribution in [1.29, 1.82) is 0 Å². The first-order valence-corrected chi connectivity index (χ1v) is 4.24. The minimum Gasteiger partial charge on any atom is -0.481 e. The van der Waals surface area contributed by atoms with E-state index >= 15 is 0 Å². The molecule has 66 valence electrons. The molecule has 1 saturated heterocycles. The summed E-state index contributed by atoms with van der Waals surface area (Å²) in [6.07, 6.45) is 4.47. The molecule has 3 heteroatoms. The van der Waals surface area contributed by atoms with Crippen molar-refractivity contribution in [1.82, 2.24) is 0 Å². The number of aliphatic carboxylic acids is 1. The van der Waals surface area contributed by atoms with E-state index in [0.29, 0.717) is 5.92 Å². The normalized spacial score (nSPS) is 43.8. The molecule has 3 nitrogen and oxygen atoms in total. The van der Waals surface area contributed by atoms with Crippen molar-refractivity contribution in [3.8, 4) is 0 Å². The van der Waals surface area contributed by atoms with Crippen LogP contribution in [0, 0.1) is 11.8 Å². The van der Waals surface area contributed by atoms with Crippen molar-refractivity contribution in [3.63, 3.8) is 0 Å². The Balaban J connectivity index is 2.08. The van der Waals surface area contributed by atoms with Crippen LogP contribution in [0.15, 0.2) is 12.2 Å². The van der Waals surface area contributed by atoms with Crippen LogP contribution in [0.2, 0.25) is 0 Å². The van der Waals surface area contributed by atoms with Crippen molar-refractivity contribution < 1.29 is 14.6 Å². The average Bonchev–Trinajstić information content (AvgIpc) is 2.53. The molecule has 0 aromatic heterocycles. The van der Waals surface area contributed by atoms with Crippen molar-refractivity contribution >= 4 is 5.97 Å². The van der Waals surface area contributed by atoms with Crippen molar-refractivity contribution in [2.45, 2.75) is 25.6 Å². The minimum absolute atomic E-state index is 0.0566. The smallest absolute Gasteiger partial charge is 0.303 e. The van der Waals surface area contributed by atoms with Gasteiger partial charge < -0.3 is 9.84 Å². The Labute approximate surface area is 71.0 Å². The van der Waals surface area contributed by atoms with E-state index in [1.54, 1.807) is 0 Å². The summed E-state index contributed by atoms with van der Waals surface area (Å²) >= 11 is 0. The van der Waals surface area contributed by atoms with Gasteiger partial charge in [0.1, 0.15) is 0 Å². The van der Waals surface area contributed by atoms with Crippen LogP contribution in [0.5, 0.6) is 0 Å². The van der Waals surface area contributed by atoms with Crippen molar-refractivity contribution in [2.24, 2.45) is 11.8 Å². The van der Waals surface area contributed by atoms with Gasteiger partial charge in [0.25, 0.3) is 0 Å². The van der Waals surface area contributed by atoms with Crippen LogP contribution < -0.4 is 0 Å². The lowest BCUT2D eigenvalue weighted by Crippen LogP contribution is -2.24. The van der Waals surface area contributed by atoms with E-state index in [1.807, 2.05) is 12.2 Å². The van der Waals surface area contributed by atoms with Gasteiger partial charge in [-0.25, -0.2) is 0 Å². The van der Waals surface area contributed by atoms with E-state index in [1.165, 1.54) is 0 Å². The lowest BCUT2D eigenvalue weighted by atomic mass is 9.82. The first-order valence-electron chi connectivity index (χ1n) is 4.24. The highest BCUT2D eigenvalue weighted by Crippen LogP contribution is 2.40.